The maximum absolute atomic E-state index is 12.0. The minimum atomic E-state index is -0.450. The third-order valence-corrected chi connectivity index (χ3v) is 4.85. The van der Waals surface area contributed by atoms with Crippen molar-refractivity contribution in [3.8, 4) is 0 Å². The van der Waals surface area contributed by atoms with Gasteiger partial charge < -0.3 is 15.1 Å². The largest absolute Gasteiger partial charge is 0.333 e. The maximum atomic E-state index is 12.0. The highest BCUT2D eigenvalue weighted by atomic mass is 32.1. The van der Waals surface area contributed by atoms with Gasteiger partial charge in [-0.2, -0.15) is 0 Å². The van der Waals surface area contributed by atoms with Gasteiger partial charge in [0.25, 0.3) is 5.91 Å². The molecule has 1 aliphatic rings. The van der Waals surface area contributed by atoms with Gasteiger partial charge in [-0.05, 0) is 17.5 Å². The molecule has 0 aliphatic carbocycles. The number of rotatable bonds is 5. The van der Waals surface area contributed by atoms with Crippen LogP contribution in [0.15, 0.2) is 36.0 Å². The van der Waals surface area contributed by atoms with Gasteiger partial charge in [0.15, 0.2) is 6.54 Å². The van der Waals surface area contributed by atoms with Crippen molar-refractivity contribution in [1.82, 2.24) is 20.6 Å². The van der Waals surface area contributed by atoms with Gasteiger partial charge in [-0.15, -0.1) is 11.3 Å². The molecule has 0 spiro atoms. The summed E-state index contributed by atoms with van der Waals surface area (Å²) in [5.41, 5.74) is 0. The van der Waals surface area contributed by atoms with Crippen LogP contribution in [0.1, 0.15) is 4.88 Å². The Hall–Kier alpha value is -2.52. The average Bonchev–Trinajstić information content (AvgIpc) is 3.15. The number of carbonyl (C=O) groups is 2. The van der Waals surface area contributed by atoms with E-state index < -0.39 is 6.03 Å². The molecule has 0 aromatic carbocycles. The first-order valence-corrected chi connectivity index (χ1v) is 9.04. The van der Waals surface area contributed by atoms with Crippen molar-refractivity contribution < 1.29 is 14.5 Å². The number of hydrogen-bond donors (Lipinski definition) is 3. The second kappa shape index (κ2) is 8.54. The molecule has 1 fully saturated rings. The Kier molecular flexibility index (Phi) is 5.91. The summed E-state index contributed by atoms with van der Waals surface area (Å²) in [7, 11) is 0. The highest BCUT2D eigenvalue weighted by Crippen LogP contribution is 2.07. The Morgan fingerprint density at radius 3 is 2.64 bits per heavy atom. The van der Waals surface area contributed by atoms with Crippen molar-refractivity contribution in [3.63, 3.8) is 0 Å². The lowest BCUT2D eigenvalue weighted by atomic mass is 10.3. The number of carbonyl (C=O) groups excluding carboxylic acids is 2. The van der Waals surface area contributed by atoms with Gasteiger partial charge in [-0.1, -0.05) is 6.07 Å². The molecular weight excluding hydrogens is 340 g/mol. The molecule has 132 valence electrons. The monoisotopic (exact) mass is 361 g/mol. The number of quaternary nitrogens is 1. The summed E-state index contributed by atoms with van der Waals surface area (Å²) >= 11 is 1.56. The molecule has 1 saturated heterocycles. The van der Waals surface area contributed by atoms with Crippen LogP contribution in [0.4, 0.5) is 10.7 Å². The summed E-state index contributed by atoms with van der Waals surface area (Å²) in [6, 6.07) is 5.20. The van der Waals surface area contributed by atoms with Crippen molar-refractivity contribution in [2.45, 2.75) is 6.54 Å². The molecule has 0 radical (unpaired) electrons. The minimum Gasteiger partial charge on any atom is -0.333 e. The zero-order chi connectivity index (χ0) is 17.5. The number of thiophene rings is 1. The molecule has 0 atom stereocenters. The summed E-state index contributed by atoms with van der Waals surface area (Å²) in [5, 5.41) is 7.02. The molecule has 2 aromatic rings. The van der Waals surface area contributed by atoms with E-state index in [0.29, 0.717) is 6.54 Å². The number of nitrogens with zero attached hydrogens (tertiary/aromatic N) is 3. The SMILES string of the molecule is O=C(C[NH+]1CCN(c2ncccn2)CC1)NC(=O)NCc1cccs1. The molecule has 8 nitrogen and oxygen atoms in total. The predicted octanol–water partition coefficient (Wildman–Crippen LogP) is -0.731. The number of aromatic nitrogens is 2. The van der Waals surface area contributed by atoms with Crippen LogP contribution < -0.4 is 20.4 Å². The van der Waals surface area contributed by atoms with Crippen LogP contribution in [0.2, 0.25) is 0 Å². The standard InChI is InChI=1S/C16H20N6O2S/c23-14(20-16(24)19-11-13-3-1-10-25-13)12-21-6-8-22(9-7-21)15-17-4-2-5-18-15/h1-5,10H,6-9,11-12H2,(H2,19,20,23,24)/p+1. The predicted molar refractivity (Wildman–Crippen MR) is 94.5 cm³/mol. The normalized spacial score (nSPS) is 15.0. The van der Waals surface area contributed by atoms with E-state index in [1.165, 1.54) is 0 Å². The smallest absolute Gasteiger partial charge is 0.321 e. The second-order valence-corrected chi connectivity index (χ2v) is 6.81. The van der Waals surface area contributed by atoms with Gasteiger partial charge in [-0.3, -0.25) is 10.1 Å². The average molecular weight is 361 g/mol. The molecule has 2 aromatic heterocycles. The van der Waals surface area contributed by atoms with Crippen LogP contribution in [0.3, 0.4) is 0 Å². The zero-order valence-corrected chi connectivity index (χ0v) is 14.6. The topological polar surface area (TPSA) is 91.7 Å². The number of urea groups is 1. The second-order valence-electron chi connectivity index (χ2n) is 5.77. The molecule has 0 unspecified atom stereocenters. The minimum absolute atomic E-state index is 0.261. The summed E-state index contributed by atoms with van der Waals surface area (Å²) in [5.74, 6) is 0.460. The molecule has 3 amide bonds. The third-order valence-electron chi connectivity index (χ3n) is 3.97. The highest BCUT2D eigenvalue weighted by molar-refractivity contribution is 7.09. The fourth-order valence-corrected chi connectivity index (χ4v) is 3.32. The Morgan fingerprint density at radius 1 is 1.20 bits per heavy atom. The molecular formula is C16H21N6O2S+. The van der Waals surface area contributed by atoms with Gasteiger partial charge in [0.2, 0.25) is 5.95 Å². The van der Waals surface area contributed by atoms with E-state index in [1.54, 1.807) is 29.8 Å². The van der Waals surface area contributed by atoms with E-state index >= 15 is 0 Å². The zero-order valence-electron chi connectivity index (χ0n) is 13.8. The van der Waals surface area contributed by atoms with E-state index in [4.69, 9.17) is 0 Å². The Balaban J connectivity index is 1.36. The lowest BCUT2D eigenvalue weighted by molar-refractivity contribution is -0.892. The first kappa shape index (κ1) is 17.3. The first-order chi connectivity index (χ1) is 12.2. The van der Waals surface area contributed by atoms with Gasteiger partial charge in [0, 0.05) is 17.3 Å². The van der Waals surface area contributed by atoms with Gasteiger partial charge in [0.05, 0.1) is 32.7 Å². The number of anilines is 1. The Labute approximate surface area is 149 Å². The Morgan fingerprint density at radius 2 is 1.96 bits per heavy atom. The van der Waals surface area contributed by atoms with Crippen LogP contribution in [0.5, 0.6) is 0 Å². The number of piperazine rings is 1. The quantitative estimate of drug-likeness (QED) is 0.653. The van der Waals surface area contributed by atoms with Crippen LogP contribution in [-0.2, 0) is 11.3 Å². The third kappa shape index (κ3) is 5.23. The molecule has 3 rings (SSSR count). The Bertz CT molecular complexity index is 686. The highest BCUT2D eigenvalue weighted by Gasteiger charge is 2.24. The van der Waals surface area contributed by atoms with Gasteiger partial charge in [-0.25, -0.2) is 14.8 Å². The molecule has 3 heterocycles. The van der Waals surface area contributed by atoms with Gasteiger partial charge in [0.1, 0.15) is 0 Å². The van der Waals surface area contributed by atoms with Crippen molar-refractivity contribution in [2.75, 3.05) is 37.6 Å². The van der Waals surface area contributed by atoms with Crippen molar-refractivity contribution in [1.29, 1.82) is 0 Å². The molecule has 1 aliphatic heterocycles. The summed E-state index contributed by atoms with van der Waals surface area (Å²) in [6.07, 6.45) is 3.45. The fourth-order valence-electron chi connectivity index (χ4n) is 2.68. The maximum Gasteiger partial charge on any atom is 0.321 e. The number of imide groups is 1. The van der Waals surface area contributed by atoms with Crippen LogP contribution in [0.25, 0.3) is 0 Å². The summed E-state index contributed by atoms with van der Waals surface area (Å²) in [4.78, 5) is 36.6. The number of amides is 3. The van der Waals surface area contributed by atoms with Crippen LogP contribution in [0, 0.1) is 0 Å². The lowest BCUT2D eigenvalue weighted by Crippen LogP contribution is -3.16. The van der Waals surface area contributed by atoms with Crippen LogP contribution in [-0.4, -0.2) is 54.6 Å². The number of nitrogens with one attached hydrogen (secondary N) is 3. The lowest BCUT2D eigenvalue weighted by Gasteiger charge is -2.31. The molecule has 9 heteroatoms. The van der Waals surface area contributed by atoms with E-state index in [1.807, 2.05) is 17.5 Å². The first-order valence-electron chi connectivity index (χ1n) is 8.16. The van der Waals surface area contributed by atoms with Crippen molar-refractivity contribution in [3.05, 3.63) is 40.8 Å². The van der Waals surface area contributed by atoms with E-state index in [9.17, 15) is 9.59 Å². The van der Waals surface area contributed by atoms with Crippen molar-refractivity contribution in [2.24, 2.45) is 0 Å². The summed E-state index contributed by atoms with van der Waals surface area (Å²) < 4.78 is 0. The van der Waals surface area contributed by atoms with Crippen LogP contribution >= 0.6 is 11.3 Å². The summed E-state index contributed by atoms with van der Waals surface area (Å²) in [6.45, 7) is 3.91. The fraction of sp³-hybridized carbons (Fsp3) is 0.375. The molecule has 0 saturated carbocycles. The van der Waals surface area contributed by atoms with E-state index in [0.717, 1.165) is 41.9 Å². The van der Waals surface area contributed by atoms with Crippen molar-refractivity contribution >= 4 is 29.2 Å². The molecule has 3 N–H and O–H groups in total. The van der Waals surface area contributed by atoms with E-state index in [-0.39, 0.29) is 12.5 Å². The van der Waals surface area contributed by atoms with E-state index in [2.05, 4.69) is 25.5 Å². The van der Waals surface area contributed by atoms with Gasteiger partial charge >= 0.3 is 6.03 Å². The molecule has 0 bridgehead atoms. The molecule has 25 heavy (non-hydrogen) atoms. The number of hydrogen-bond acceptors (Lipinski definition) is 6.